The van der Waals surface area contributed by atoms with Crippen LogP contribution in [0.25, 0.3) is 0 Å². The second kappa shape index (κ2) is 6.58. The van der Waals surface area contributed by atoms with Gasteiger partial charge in [-0.05, 0) is 36.4 Å². The predicted octanol–water partition coefficient (Wildman–Crippen LogP) is 3.54. The topological polar surface area (TPSA) is 67.2 Å². The van der Waals surface area contributed by atoms with Gasteiger partial charge in [-0.15, -0.1) is 0 Å². The van der Waals surface area contributed by atoms with Crippen LogP contribution in [0, 0.1) is 0 Å². The van der Waals surface area contributed by atoms with Crippen LogP contribution in [0.1, 0.15) is 16.2 Å². The number of carbonyl (C=O) groups is 1. The maximum absolute atomic E-state index is 12.1. The lowest BCUT2D eigenvalue weighted by Gasteiger charge is -2.06. The third-order valence-corrected chi connectivity index (χ3v) is 3.07. The molecule has 5 nitrogen and oxygen atoms in total. The first kappa shape index (κ1) is 13.9. The predicted molar refractivity (Wildman–Crippen MR) is 84.7 cm³/mol. The third kappa shape index (κ3) is 3.52. The van der Waals surface area contributed by atoms with Crippen molar-refractivity contribution in [2.75, 3.05) is 10.6 Å². The number of nitrogens with zero attached hydrogens (tertiary/aromatic N) is 1. The van der Waals surface area contributed by atoms with Crippen LogP contribution in [0.2, 0.25) is 0 Å². The van der Waals surface area contributed by atoms with Crippen molar-refractivity contribution in [2.24, 2.45) is 0 Å². The average molecular weight is 293 g/mol. The Hall–Kier alpha value is -3.08. The number of amides is 1. The van der Waals surface area contributed by atoms with Crippen LogP contribution in [-0.2, 0) is 6.54 Å². The van der Waals surface area contributed by atoms with E-state index < -0.39 is 0 Å². The highest BCUT2D eigenvalue weighted by molar-refractivity contribution is 6.02. The molecule has 0 radical (unpaired) electrons. The van der Waals surface area contributed by atoms with Gasteiger partial charge in [-0.3, -0.25) is 4.79 Å². The van der Waals surface area contributed by atoms with Crippen molar-refractivity contribution in [1.82, 2.24) is 4.98 Å². The summed E-state index contributed by atoms with van der Waals surface area (Å²) in [6.07, 6.45) is 3.26. The molecule has 1 aromatic carbocycles. The minimum absolute atomic E-state index is 0.233. The van der Waals surface area contributed by atoms with Gasteiger partial charge in [0.05, 0.1) is 24.7 Å². The van der Waals surface area contributed by atoms with E-state index in [2.05, 4.69) is 15.6 Å². The zero-order valence-electron chi connectivity index (χ0n) is 11.8. The monoisotopic (exact) mass is 293 g/mol. The van der Waals surface area contributed by atoms with Crippen LogP contribution >= 0.6 is 0 Å². The number of para-hydroxylation sites is 1. The number of pyridine rings is 1. The van der Waals surface area contributed by atoms with Crippen molar-refractivity contribution in [3.8, 4) is 0 Å². The molecule has 1 amide bonds. The summed E-state index contributed by atoms with van der Waals surface area (Å²) in [6, 6.07) is 16.5. The Morgan fingerprint density at radius 1 is 1.00 bits per heavy atom. The first-order valence-electron chi connectivity index (χ1n) is 6.90. The lowest BCUT2D eigenvalue weighted by molar-refractivity contribution is 0.102. The molecule has 0 saturated carbocycles. The van der Waals surface area contributed by atoms with Gasteiger partial charge < -0.3 is 15.1 Å². The molecule has 2 heterocycles. The van der Waals surface area contributed by atoms with E-state index in [-0.39, 0.29) is 5.91 Å². The van der Waals surface area contributed by atoms with E-state index >= 15 is 0 Å². The zero-order chi connectivity index (χ0) is 15.2. The number of rotatable bonds is 5. The fraction of sp³-hybridized carbons (Fsp3) is 0.0588. The Labute approximate surface area is 128 Å². The second-order valence-electron chi connectivity index (χ2n) is 4.69. The van der Waals surface area contributed by atoms with E-state index in [0.717, 1.165) is 17.1 Å². The molecular weight excluding hydrogens is 278 g/mol. The number of benzene rings is 1. The highest BCUT2D eigenvalue weighted by Gasteiger charge is 2.07. The molecule has 3 aromatic rings. The molecule has 2 N–H and O–H groups in total. The molecule has 0 saturated heterocycles. The molecule has 0 aliphatic carbocycles. The molecule has 0 unspecified atom stereocenters. The van der Waals surface area contributed by atoms with E-state index in [1.165, 1.54) is 0 Å². The van der Waals surface area contributed by atoms with Crippen molar-refractivity contribution in [3.63, 3.8) is 0 Å². The lowest BCUT2D eigenvalue weighted by Crippen LogP contribution is -2.13. The van der Waals surface area contributed by atoms with Gasteiger partial charge >= 0.3 is 0 Å². The molecule has 5 heteroatoms. The van der Waals surface area contributed by atoms with Gasteiger partial charge in [-0.25, -0.2) is 4.98 Å². The van der Waals surface area contributed by atoms with Crippen LogP contribution in [0.4, 0.5) is 11.4 Å². The average Bonchev–Trinajstić information content (AvgIpc) is 3.08. The van der Waals surface area contributed by atoms with Crippen LogP contribution in [0.15, 0.2) is 71.5 Å². The van der Waals surface area contributed by atoms with Gasteiger partial charge in [-0.1, -0.05) is 18.2 Å². The van der Waals surface area contributed by atoms with E-state index in [9.17, 15) is 4.79 Å². The molecule has 22 heavy (non-hydrogen) atoms. The highest BCUT2D eigenvalue weighted by Crippen LogP contribution is 2.11. The Morgan fingerprint density at radius 3 is 2.55 bits per heavy atom. The fourth-order valence-electron chi connectivity index (χ4n) is 1.95. The van der Waals surface area contributed by atoms with Gasteiger partial charge in [0.1, 0.15) is 11.5 Å². The summed E-state index contributed by atoms with van der Waals surface area (Å²) in [5, 5.41) is 5.97. The van der Waals surface area contributed by atoms with E-state index in [0.29, 0.717) is 12.2 Å². The number of hydrogen-bond donors (Lipinski definition) is 2. The molecule has 0 spiro atoms. The molecule has 2 aromatic heterocycles. The summed E-state index contributed by atoms with van der Waals surface area (Å²) < 4.78 is 5.24. The fourth-order valence-corrected chi connectivity index (χ4v) is 1.95. The van der Waals surface area contributed by atoms with Crippen molar-refractivity contribution >= 4 is 17.3 Å². The standard InChI is InChI=1S/C17H15N3O2/c21-17(20-13-5-2-1-3-6-13)16-9-8-14(11-19-16)18-12-15-7-4-10-22-15/h1-11,18H,12H2,(H,20,21). The van der Waals surface area contributed by atoms with E-state index in [4.69, 9.17) is 4.42 Å². The minimum atomic E-state index is -0.233. The maximum atomic E-state index is 12.1. The SMILES string of the molecule is O=C(Nc1ccccc1)c1ccc(NCc2ccco2)cn1. The van der Waals surface area contributed by atoms with Gasteiger partial charge in [0, 0.05) is 5.69 Å². The molecule has 0 atom stereocenters. The summed E-state index contributed by atoms with van der Waals surface area (Å²) >= 11 is 0. The molecule has 0 aliphatic rings. The van der Waals surface area contributed by atoms with E-state index in [1.807, 2.05) is 48.5 Å². The Kier molecular flexibility index (Phi) is 4.15. The van der Waals surface area contributed by atoms with Gasteiger partial charge in [-0.2, -0.15) is 0 Å². The summed E-state index contributed by atoms with van der Waals surface area (Å²) in [5.74, 6) is 0.606. The minimum Gasteiger partial charge on any atom is -0.467 e. The van der Waals surface area contributed by atoms with Crippen LogP contribution < -0.4 is 10.6 Å². The number of anilines is 2. The van der Waals surface area contributed by atoms with Crippen LogP contribution in [0.5, 0.6) is 0 Å². The van der Waals surface area contributed by atoms with Crippen LogP contribution in [0.3, 0.4) is 0 Å². The molecule has 0 bridgehead atoms. The summed E-state index contributed by atoms with van der Waals surface area (Å²) in [5.41, 5.74) is 1.94. The Bertz CT molecular complexity index is 722. The van der Waals surface area contributed by atoms with E-state index in [1.54, 1.807) is 18.5 Å². The molecule has 0 aliphatic heterocycles. The van der Waals surface area contributed by atoms with Crippen LogP contribution in [-0.4, -0.2) is 10.9 Å². The normalized spacial score (nSPS) is 10.2. The molecule has 110 valence electrons. The van der Waals surface area contributed by atoms with Gasteiger partial charge in [0.15, 0.2) is 0 Å². The summed E-state index contributed by atoms with van der Waals surface area (Å²) in [4.78, 5) is 16.2. The maximum Gasteiger partial charge on any atom is 0.274 e. The largest absolute Gasteiger partial charge is 0.467 e. The van der Waals surface area contributed by atoms with Gasteiger partial charge in [0.2, 0.25) is 0 Å². The number of hydrogen-bond acceptors (Lipinski definition) is 4. The molecule has 3 rings (SSSR count). The van der Waals surface area contributed by atoms with Crippen molar-refractivity contribution in [1.29, 1.82) is 0 Å². The quantitative estimate of drug-likeness (QED) is 0.755. The molecular formula is C17H15N3O2. The summed E-state index contributed by atoms with van der Waals surface area (Å²) in [7, 11) is 0. The lowest BCUT2D eigenvalue weighted by atomic mass is 10.3. The number of nitrogens with one attached hydrogen (secondary N) is 2. The Morgan fingerprint density at radius 2 is 1.86 bits per heavy atom. The number of aromatic nitrogens is 1. The number of carbonyl (C=O) groups excluding carboxylic acids is 1. The third-order valence-electron chi connectivity index (χ3n) is 3.07. The summed E-state index contributed by atoms with van der Waals surface area (Å²) in [6.45, 7) is 0.574. The first-order chi connectivity index (χ1) is 10.8. The van der Waals surface area contributed by atoms with Crippen molar-refractivity contribution in [2.45, 2.75) is 6.54 Å². The Balaban J connectivity index is 1.60. The van der Waals surface area contributed by atoms with Crippen molar-refractivity contribution < 1.29 is 9.21 Å². The number of furan rings is 1. The second-order valence-corrected chi connectivity index (χ2v) is 4.69. The highest BCUT2D eigenvalue weighted by atomic mass is 16.3. The first-order valence-corrected chi connectivity index (χ1v) is 6.90. The smallest absolute Gasteiger partial charge is 0.274 e. The zero-order valence-corrected chi connectivity index (χ0v) is 11.8. The van der Waals surface area contributed by atoms with Crippen molar-refractivity contribution in [3.05, 3.63) is 78.5 Å². The molecule has 0 fully saturated rings. The van der Waals surface area contributed by atoms with Gasteiger partial charge in [0.25, 0.3) is 5.91 Å².